The molecule has 0 fully saturated rings. The van der Waals surface area contributed by atoms with Gasteiger partial charge in [-0.25, -0.2) is 5.06 Å². The lowest BCUT2D eigenvalue weighted by Gasteiger charge is -2.28. The maximum Gasteiger partial charge on any atom is 0.0998 e. The molecule has 0 amide bonds. The van der Waals surface area contributed by atoms with E-state index in [2.05, 4.69) is 12.1 Å². The first-order chi connectivity index (χ1) is 16.2. The van der Waals surface area contributed by atoms with Gasteiger partial charge in [0, 0.05) is 11.1 Å². The summed E-state index contributed by atoms with van der Waals surface area (Å²) in [5, 5.41) is 21.1. The van der Waals surface area contributed by atoms with Gasteiger partial charge in [0.1, 0.15) is 0 Å². The summed E-state index contributed by atoms with van der Waals surface area (Å²) in [6, 6.07) is 37.3. The van der Waals surface area contributed by atoms with E-state index in [-0.39, 0.29) is 0 Å². The van der Waals surface area contributed by atoms with Gasteiger partial charge in [0.2, 0.25) is 0 Å². The van der Waals surface area contributed by atoms with E-state index in [9.17, 15) is 10.5 Å². The van der Waals surface area contributed by atoms with Crippen LogP contribution in [-0.4, -0.2) is 7.11 Å². The molecule has 0 spiro atoms. The van der Waals surface area contributed by atoms with Crippen molar-refractivity contribution >= 4 is 17.5 Å². The van der Waals surface area contributed by atoms with E-state index in [0.29, 0.717) is 22.4 Å². The molecule has 0 unspecified atom stereocenters. The molecule has 33 heavy (non-hydrogen) atoms. The fourth-order valence-electron chi connectivity index (χ4n) is 3.72. The van der Waals surface area contributed by atoms with Crippen molar-refractivity contribution in [2.45, 2.75) is 0 Å². The summed E-state index contributed by atoms with van der Waals surface area (Å²) >= 11 is 0. The zero-order chi connectivity index (χ0) is 23.0. The van der Waals surface area contributed by atoms with Gasteiger partial charge in [-0.3, -0.25) is 4.84 Å². The highest BCUT2D eigenvalue weighted by Crippen LogP contribution is 2.37. The monoisotopic (exact) mass is 427 g/mol. The van der Waals surface area contributed by atoms with Gasteiger partial charge in [0.05, 0.1) is 41.8 Å². The molecule has 0 bridgehead atoms. The third-order valence-electron chi connectivity index (χ3n) is 5.26. The summed E-state index contributed by atoms with van der Waals surface area (Å²) < 4.78 is 0. The van der Waals surface area contributed by atoms with Crippen LogP contribution in [0.15, 0.2) is 103 Å². The van der Waals surface area contributed by atoms with E-state index >= 15 is 0 Å². The normalized spacial score (nSPS) is 10.8. The molecule has 0 heterocycles. The molecule has 4 heteroatoms. The Hall–Kier alpha value is -4.64. The number of anilines is 1. The van der Waals surface area contributed by atoms with Gasteiger partial charge in [0.15, 0.2) is 0 Å². The second-order valence-electron chi connectivity index (χ2n) is 7.28. The molecule has 0 aromatic heterocycles. The average molecular weight is 428 g/mol. The minimum Gasteiger partial charge on any atom is -0.272 e. The number of para-hydroxylation sites is 1. The van der Waals surface area contributed by atoms with Crippen molar-refractivity contribution in [3.63, 3.8) is 0 Å². The summed E-state index contributed by atoms with van der Waals surface area (Å²) in [4.78, 5) is 5.93. The standard InChI is InChI=1S/C29H21N3O/c1-33-32(28-15-9-8-14-26(28)24-12-6-3-7-13-24)29(19-22-10-4-2-5-11-22)27-18-23(20-30)16-17-25(27)21-31/h2-19H,1H3. The van der Waals surface area contributed by atoms with Crippen LogP contribution in [0.4, 0.5) is 5.69 Å². The molecule has 0 aliphatic rings. The fraction of sp³-hybridized carbons (Fsp3) is 0.0345. The number of rotatable bonds is 6. The van der Waals surface area contributed by atoms with Crippen LogP contribution in [0.25, 0.3) is 22.9 Å². The van der Waals surface area contributed by atoms with E-state index in [1.807, 2.05) is 91.0 Å². The lowest BCUT2D eigenvalue weighted by Crippen LogP contribution is -2.21. The van der Waals surface area contributed by atoms with Gasteiger partial charge in [-0.1, -0.05) is 78.9 Å². The second kappa shape index (κ2) is 10.1. The Morgan fingerprint density at radius 2 is 1.45 bits per heavy atom. The van der Waals surface area contributed by atoms with Crippen LogP contribution in [0.1, 0.15) is 22.3 Å². The molecule has 4 nitrogen and oxygen atoms in total. The Morgan fingerprint density at radius 3 is 2.12 bits per heavy atom. The van der Waals surface area contributed by atoms with Gasteiger partial charge < -0.3 is 0 Å². The average Bonchev–Trinajstić information content (AvgIpc) is 2.89. The Bertz CT molecular complexity index is 1360. The second-order valence-corrected chi connectivity index (χ2v) is 7.28. The number of nitrogens with zero attached hydrogens (tertiary/aromatic N) is 3. The third-order valence-corrected chi connectivity index (χ3v) is 5.26. The van der Waals surface area contributed by atoms with Crippen molar-refractivity contribution in [2.75, 3.05) is 12.2 Å². The number of hydrogen-bond donors (Lipinski definition) is 0. The summed E-state index contributed by atoms with van der Waals surface area (Å²) in [6.07, 6.45) is 1.96. The van der Waals surface area contributed by atoms with Gasteiger partial charge in [-0.05, 0) is 41.5 Å². The van der Waals surface area contributed by atoms with E-state index < -0.39 is 0 Å². The molecule has 0 saturated carbocycles. The van der Waals surface area contributed by atoms with Crippen LogP contribution in [0.5, 0.6) is 0 Å². The van der Waals surface area contributed by atoms with Crippen molar-refractivity contribution in [3.05, 3.63) is 125 Å². The number of hydroxylamine groups is 1. The molecule has 4 aromatic carbocycles. The van der Waals surface area contributed by atoms with E-state index in [1.54, 1.807) is 30.4 Å². The molecular weight excluding hydrogens is 406 g/mol. The molecule has 0 radical (unpaired) electrons. The third kappa shape index (κ3) is 4.67. The number of benzene rings is 4. The predicted molar refractivity (Wildman–Crippen MR) is 132 cm³/mol. The molecular formula is C29H21N3O. The molecule has 158 valence electrons. The summed E-state index contributed by atoms with van der Waals surface area (Å²) in [6.45, 7) is 0. The summed E-state index contributed by atoms with van der Waals surface area (Å²) in [5.74, 6) is 0. The van der Waals surface area contributed by atoms with Gasteiger partial charge in [0.25, 0.3) is 0 Å². The fourth-order valence-corrected chi connectivity index (χ4v) is 3.72. The first kappa shape index (κ1) is 21.6. The highest BCUT2D eigenvalue weighted by atomic mass is 16.7. The molecule has 0 N–H and O–H groups in total. The highest BCUT2D eigenvalue weighted by Gasteiger charge is 2.21. The predicted octanol–water partition coefficient (Wildman–Crippen LogP) is 6.66. The van der Waals surface area contributed by atoms with Crippen molar-refractivity contribution in [3.8, 4) is 23.3 Å². The van der Waals surface area contributed by atoms with Crippen LogP contribution in [0.3, 0.4) is 0 Å². The Labute approximate surface area is 193 Å². The Kier molecular flexibility index (Phi) is 6.61. The van der Waals surface area contributed by atoms with Crippen LogP contribution < -0.4 is 5.06 Å². The smallest absolute Gasteiger partial charge is 0.0998 e. The van der Waals surface area contributed by atoms with Crippen molar-refractivity contribution < 1.29 is 4.84 Å². The molecule has 0 aliphatic heterocycles. The Morgan fingerprint density at radius 1 is 0.788 bits per heavy atom. The van der Waals surface area contributed by atoms with Crippen LogP contribution in [-0.2, 0) is 4.84 Å². The van der Waals surface area contributed by atoms with E-state index in [4.69, 9.17) is 4.84 Å². The lowest BCUT2D eigenvalue weighted by molar-refractivity contribution is 0.204. The summed E-state index contributed by atoms with van der Waals surface area (Å²) in [5.41, 5.74) is 5.98. The van der Waals surface area contributed by atoms with Crippen molar-refractivity contribution in [1.29, 1.82) is 10.5 Å². The molecule has 4 aromatic rings. The maximum atomic E-state index is 9.84. The van der Waals surface area contributed by atoms with Gasteiger partial charge in [-0.15, -0.1) is 0 Å². The quantitative estimate of drug-likeness (QED) is 0.255. The molecule has 4 rings (SSSR count). The van der Waals surface area contributed by atoms with Gasteiger partial charge in [-0.2, -0.15) is 10.5 Å². The zero-order valence-electron chi connectivity index (χ0n) is 18.1. The van der Waals surface area contributed by atoms with E-state index in [1.165, 1.54) is 0 Å². The highest BCUT2D eigenvalue weighted by molar-refractivity contribution is 5.94. The number of nitriles is 2. The topological polar surface area (TPSA) is 60.0 Å². The van der Waals surface area contributed by atoms with Crippen LogP contribution >= 0.6 is 0 Å². The van der Waals surface area contributed by atoms with Gasteiger partial charge >= 0.3 is 0 Å². The molecule has 0 saturated heterocycles. The minimum atomic E-state index is 0.454. The largest absolute Gasteiger partial charge is 0.272 e. The molecule has 0 atom stereocenters. The molecule has 0 aliphatic carbocycles. The first-order valence-corrected chi connectivity index (χ1v) is 10.4. The first-order valence-electron chi connectivity index (χ1n) is 10.4. The van der Waals surface area contributed by atoms with E-state index in [0.717, 1.165) is 22.4 Å². The SMILES string of the molecule is CON(C(=Cc1ccccc1)c1cc(C#N)ccc1C#N)c1ccccc1-c1ccccc1. The lowest BCUT2D eigenvalue weighted by atomic mass is 9.98. The summed E-state index contributed by atoms with van der Waals surface area (Å²) in [7, 11) is 1.60. The van der Waals surface area contributed by atoms with Crippen LogP contribution in [0, 0.1) is 22.7 Å². The number of hydrogen-bond acceptors (Lipinski definition) is 4. The van der Waals surface area contributed by atoms with Crippen molar-refractivity contribution in [2.24, 2.45) is 0 Å². The van der Waals surface area contributed by atoms with Crippen LogP contribution in [0.2, 0.25) is 0 Å². The van der Waals surface area contributed by atoms with Crippen molar-refractivity contribution in [1.82, 2.24) is 0 Å². The minimum absolute atomic E-state index is 0.454. The Balaban J connectivity index is 1.97. The zero-order valence-corrected chi connectivity index (χ0v) is 18.1. The maximum absolute atomic E-state index is 9.84.